The predicted octanol–water partition coefficient (Wildman–Crippen LogP) is 0.0229. The highest BCUT2D eigenvalue weighted by Crippen LogP contribution is 2.11. The van der Waals surface area contributed by atoms with Crippen LogP contribution in [0.5, 0.6) is 0 Å². The van der Waals surface area contributed by atoms with Crippen LogP contribution in [0, 0.1) is 0 Å². The van der Waals surface area contributed by atoms with Crippen LogP contribution in [-0.2, 0) is 6.54 Å². The van der Waals surface area contributed by atoms with Gasteiger partial charge in [-0.05, 0) is 28.0 Å². The number of rotatable bonds is 4. The van der Waals surface area contributed by atoms with Gasteiger partial charge >= 0.3 is 0 Å². The van der Waals surface area contributed by atoms with Crippen LogP contribution >= 0.6 is 0 Å². The lowest BCUT2D eigenvalue weighted by atomic mass is 10.1. The molecule has 0 aliphatic heterocycles. The average molecular weight is 275 g/mol. The van der Waals surface area contributed by atoms with Crippen LogP contribution in [0.4, 0.5) is 5.82 Å². The molecule has 0 bridgehead atoms. The van der Waals surface area contributed by atoms with Crippen molar-refractivity contribution in [2.45, 2.75) is 6.54 Å². The first-order valence-electron chi connectivity index (χ1n) is 5.71. The van der Waals surface area contributed by atoms with Gasteiger partial charge in [0.05, 0.1) is 0 Å². The fourth-order valence-electron chi connectivity index (χ4n) is 1.64. The highest BCUT2D eigenvalue weighted by Gasteiger charge is 2.20. The van der Waals surface area contributed by atoms with Crippen molar-refractivity contribution in [1.29, 1.82) is 0 Å². The summed E-state index contributed by atoms with van der Waals surface area (Å²) >= 11 is 0. The SMILES string of the molecule is CN(Cc1ccc(C(N)=O)cc1)C(=O)c1nonc1N. The van der Waals surface area contributed by atoms with Crippen LogP contribution < -0.4 is 11.5 Å². The summed E-state index contributed by atoms with van der Waals surface area (Å²) < 4.78 is 4.38. The van der Waals surface area contributed by atoms with Gasteiger partial charge in [0.15, 0.2) is 0 Å². The van der Waals surface area contributed by atoms with Gasteiger partial charge in [-0.2, -0.15) is 0 Å². The number of nitrogens with two attached hydrogens (primary N) is 2. The molecule has 1 aromatic carbocycles. The first-order valence-corrected chi connectivity index (χ1v) is 5.71. The largest absolute Gasteiger partial charge is 0.379 e. The van der Waals surface area contributed by atoms with Crippen molar-refractivity contribution in [2.24, 2.45) is 5.73 Å². The minimum atomic E-state index is -0.498. The molecule has 0 radical (unpaired) electrons. The maximum absolute atomic E-state index is 12.0. The molecule has 2 aromatic rings. The van der Waals surface area contributed by atoms with Crippen LogP contribution in [0.1, 0.15) is 26.4 Å². The third-order valence-corrected chi connectivity index (χ3v) is 2.72. The zero-order valence-corrected chi connectivity index (χ0v) is 10.7. The first-order chi connectivity index (χ1) is 9.49. The Morgan fingerprint density at radius 2 is 1.90 bits per heavy atom. The third kappa shape index (κ3) is 2.74. The highest BCUT2D eigenvalue weighted by molar-refractivity contribution is 5.96. The van der Waals surface area contributed by atoms with E-state index < -0.39 is 11.8 Å². The quantitative estimate of drug-likeness (QED) is 0.809. The van der Waals surface area contributed by atoms with Gasteiger partial charge < -0.3 is 16.4 Å². The van der Waals surface area contributed by atoms with Gasteiger partial charge in [0.25, 0.3) is 5.91 Å². The van der Waals surface area contributed by atoms with Crippen molar-refractivity contribution in [3.63, 3.8) is 0 Å². The van der Waals surface area contributed by atoms with Gasteiger partial charge in [0.2, 0.25) is 17.4 Å². The number of nitrogen functional groups attached to an aromatic ring is 1. The van der Waals surface area contributed by atoms with Crippen molar-refractivity contribution in [3.05, 3.63) is 41.1 Å². The summed E-state index contributed by atoms with van der Waals surface area (Å²) in [5.74, 6) is -0.948. The normalized spacial score (nSPS) is 10.2. The highest BCUT2D eigenvalue weighted by atomic mass is 16.6. The molecule has 0 saturated carbocycles. The second kappa shape index (κ2) is 5.39. The molecule has 0 aliphatic rings. The lowest BCUT2D eigenvalue weighted by Crippen LogP contribution is -2.27. The Labute approximate surface area is 114 Å². The van der Waals surface area contributed by atoms with Crippen molar-refractivity contribution in [3.8, 4) is 0 Å². The number of anilines is 1. The molecule has 4 N–H and O–H groups in total. The molecule has 2 rings (SSSR count). The van der Waals surface area contributed by atoms with E-state index in [0.717, 1.165) is 5.56 Å². The van der Waals surface area contributed by atoms with E-state index in [1.54, 1.807) is 31.3 Å². The third-order valence-electron chi connectivity index (χ3n) is 2.72. The van der Waals surface area contributed by atoms with E-state index in [9.17, 15) is 9.59 Å². The number of carbonyl (C=O) groups is 2. The van der Waals surface area contributed by atoms with E-state index in [1.807, 2.05) is 0 Å². The minimum absolute atomic E-state index is 0.0266. The van der Waals surface area contributed by atoms with Crippen LogP contribution in [0.25, 0.3) is 0 Å². The van der Waals surface area contributed by atoms with Gasteiger partial charge in [-0.1, -0.05) is 12.1 Å². The zero-order chi connectivity index (χ0) is 14.7. The number of hydrogen-bond acceptors (Lipinski definition) is 6. The van der Waals surface area contributed by atoms with E-state index in [2.05, 4.69) is 14.9 Å². The van der Waals surface area contributed by atoms with Crippen LogP contribution in [0.2, 0.25) is 0 Å². The predicted molar refractivity (Wildman–Crippen MR) is 69.5 cm³/mol. The Morgan fingerprint density at radius 3 is 2.40 bits per heavy atom. The Kier molecular flexibility index (Phi) is 3.65. The molecule has 0 saturated heterocycles. The molecule has 0 aliphatic carbocycles. The Balaban J connectivity index is 2.08. The molecule has 8 heteroatoms. The lowest BCUT2D eigenvalue weighted by Gasteiger charge is -2.15. The molecule has 0 atom stereocenters. The molecule has 0 fully saturated rings. The number of amides is 2. The number of nitrogens with zero attached hydrogens (tertiary/aromatic N) is 3. The van der Waals surface area contributed by atoms with Crippen molar-refractivity contribution < 1.29 is 14.2 Å². The molecule has 0 unspecified atom stereocenters. The van der Waals surface area contributed by atoms with Gasteiger partial charge in [0.1, 0.15) is 0 Å². The lowest BCUT2D eigenvalue weighted by molar-refractivity contribution is 0.0774. The minimum Gasteiger partial charge on any atom is -0.379 e. The second-order valence-electron chi connectivity index (χ2n) is 4.22. The molecule has 0 spiro atoms. The molecular weight excluding hydrogens is 262 g/mol. The number of carbonyl (C=O) groups excluding carboxylic acids is 2. The molecule has 104 valence electrons. The van der Waals surface area contributed by atoms with Crippen LogP contribution in [0.3, 0.4) is 0 Å². The van der Waals surface area contributed by atoms with Crippen molar-refractivity contribution in [2.75, 3.05) is 12.8 Å². The summed E-state index contributed by atoms with van der Waals surface area (Å²) in [4.78, 5) is 24.4. The van der Waals surface area contributed by atoms with Crippen LogP contribution in [0.15, 0.2) is 28.9 Å². The molecule has 8 nitrogen and oxygen atoms in total. The average Bonchev–Trinajstić information content (AvgIpc) is 2.84. The standard InChI is InChI=1S/C12H13N5O3/c1-17(12(19)9-10(13)16-20-15-9)6-7-2-4-8(5-3-7)11(14)18/h2-5H,6H2,1H3,(H2,13,16)(H2,14,18). The molecule has 1 heterocycles. The van der Waals surface area contributed by atoms with Gasteiger partial charge in [-0.15, -0.1) is 0 Å². The first kappa shape index (κ1) is 13.5. The van der Waals surface area contributed by atoms with E-state index >= 15 is 0 Å². The summed E-state index contributed by atoms with van der Waals surface area (Å²) in [7, 11) is 1.60. The maximum atomic E-state index is 12.0. The summed E-state index contributed by atoms with van der Waals surface area (Å²) in [6.45, 7) is 0.324. The molecular formula is C12H13N5O3. The topological polar surface area (TPSA) is 128 Å². The number of aromatic nitrogens is 2. The zero-order valence-electron chi connectivity index (χ0n) is 10.7. The summed E-state index contributed by atoms with van der Waals surface area (Å²) in [6, 6.07) is 6.63. The maximum Gasteiger partial charge on any atom is 0.280 e. The van der Waals surface area contributed by atoms with Crippen molar-refractivity contribution in [1.82, 2.24) is 15.2 Å². The number of benzene rings is 1. The second-order valence-corrected chi connectivity index (χ2v) is 4.22. The van der Waals surface area contributed by atoms with Gasteiger partial charge in [-0.25, -0.2) is 4.63 Å². The summed E-state index contributed by atoms with van der Waals surface area (Å²) in [5, 5.41) is 6.80. The Morgan fingerprint density at radius 1 is 1.25 bits per heavy atom. The fourth-order valence-corrected chi connectivity index (χ4v) is 1.64. The fraction of sp³-hybridized carbons (Fsp3) is 0.167. The summed E-state index contributed by atoms with van der Waals surface area (Å²) in [6.07, 6.45) is 0. The van der Waals surface area contributed by atoms with E-state index in [1.165, 1.54) is 4.90 Å². The number of primary amides is 1. The van der Waals surface area contributed by atoms with E-state index in [0.29, 0.717) is 12.1 Å². The smallest absolute Gasteiger partial charge is 0.280 e. The Bertz CT molecular complexity index is 635. The van der Waals surface area contributed by atoms with Gasteiger partial charge in [-0.3, -0.25) is 9.59 Å². The van der Waals surface area contributed by atoms with Crippen LogP contribution in [-0.4, -0.2) is 34.1 Å². The van der Waals surface area contributed by atoms with Crippen molar-refractivity contribution >= 4 is 17.6 Å². The molecule has 20 heavy (non-hydrogen) atoms. The molecule has 2 amide bonds. The molecule has 1 aromatic heterocycles. The van der Waals surface area contributed by atoms with E-state index in [-0.39, 0.29) is 11.5 Å². The monoisotopic (exact) mass is 275 g/mol. The number of hydrogen-bond donors (Lipinski definition) is 2. The van der Waals surface area contributed by atoms with Gasteiger partial charge in [0, 0.05) is 19.2 Å². The Hall–Kier alpha value is -2.90. The summed E-state index contributed by atoms with van der Waals surface area (Å²) in [5.41, 5.74) is 11.8. The van der Waals surface area contributed by atoms with E-state index in [4.69, 9.17) is 11.5 Å².